The topological polar surface area (TPSA) is 74.2 Å². The Kier molecular flexibility index (Phi) is 4.24. The number of aryl methyl sites for hydroxylation is 2. The van der Waals surface area contributed by atoms with Crippen LogP contribution in [0.4, 0.5) is 5.13 Å². The number of aromatic nitrogens is 1. The monoisotopic (exact) mass is 317 g/mol. The van der Waals surface area contributed by atoms with Crippen LogP contribution in [0.3, 0.4) is 0 Å². The van der Waals surface area contributed by atoms with Crippen LogP contribution in [0.15, 0.2) is 24.3 Å². The van der Waals surface area contributed by atoms with Crippen molar-refractivity contribution in [1.29, 1.82) is 0 Å². The van der Waals surface area contributed by atoms with E-state index in [1.165, 1.54) is 16.9 Å². The van der Waals surface area contributed by atoms with Gasteiger partial charge in [-0.1, -0.05) is 29.8 Å². The third kappa shape index (κ3) is 3.19. The number of hydrogen-bond donors (Lipinski definition) is 3. The van der Waals surface area contributed by atoms with E-state index in [2.05, 4.69) is 27.8 Å². The molecule has 3 rings (SSSR count). The number of anilines is 1. The smallest absolute Gasteiger partial charge is 0.243 e. The fourth-order valence-electron chi connectivity index (χ4n) is 2.54. The summed E-state index contributed by atoms with van der Waals surface area (Å²) in [6.07, 6.45) is -0.00187. The Balaban J connectivity index is 1.75. The number of rotatable bonds is 3. The van der Waals surface area contributed by atoms with Gasteiger partial charge in [-0.3, -0.25) is 4.79 Å². The first kappa shape index (κ1) is 15.1. The molecule has 116 valence electrons. The summed E-state index contributed by atoms with van der Waals surface area (Å²) in [5.74, 6) is -0.138. The highest BCUT2D eigenvalue weighted by Crippen LogP contribution is 2.30. The Bertz CT molecular complexity index is 681. The van der Waals surface area contributed by atoms with Gasteiger partial charge in [-0.2, -0.15) is 0 Å². The molecule has 6 heteroatoms. The van der Waals surface area contributed by atoms with Gasteiger partial charge < -0.3 is 15.7 Å². The second-order valence-electron chi connectivity index (χ2n) is 5.63. The van der Waals surface area contributed by atoms with Gasteiger partial charge in [0.05, 0.1) is 17.8 Å². The third-order valence-corrected chi connectivity index (χ3v) is 4.66. The first-order valence-electron chi connectivity index (χ1n) is 7.29. The molecule has 0 aliphatic carbocycles. The third-order valence-electron chi connectivity index (χ3n) is 3.78. The average molecular weight is 317 g/mol. The number of carbonyl (C=O) groups excluding carboxylic acids is 1. The van der Waals surface area contributed by atoms with Crippen molar-refractivity contribution in [1.82, 2.24) is 10.3 Å². The molecule has 0 radical (unpaired) electrons. The van der Waals surface area contributed by atoms with E-state index in [1.807, 2.05) is 26.0 Å². The number of aliphatic hydroxyl groups is 1. The number of nitrogens with one attached hydrogen (secondary N) is 2. The fraction of sp³-hybridized carbons (Fsp3) is 0.375. The summed E-state index contributed by atoms with van der Waals surface area (Å²) in [7, 11) is 0. The summed E-state index contributed by atoms with van der Waals surface area (Å²) in [4.78, 5) is 17.7. The van der Waals surface area contributed by atoms with Gasteiger partial charge in [0.2, 0.25) is 5.91 Å². The van der Waals surface area contributed by atoms with Crippen molar-refractivity contribution in [2.75, 3.05) is 11.9 Å². The Morgan fingerprint density at radius 1 is 1.36 bits per heavy atom. The predicted molar refractivity (Wildman–Crippen MR) is 88.1 cm³/mol. The molecule has 0 unspecified atom stereocenters. The van der Waals surface area contributed by atoms with Crippen LogP contribution < -0.4 is 10.6 Å². The van der Waals surface area contributed by atoms with Crippen molar-refractivity contribution in [3.63, 3.8) is 0 Å². The highest BCUT2D eigenvalue weighted by molar-refractivity contribution is 7.16. The van der Waals surface area contributed by atoms with E-state index in [0.717, 1.165) is 16.1 Å². The Hall–Kier alpha value is -1.76. The molecule has 1 aliphatic heterocycles. The normalized spacial score (nSPS) is 21.0. The molecule has 1 aromatic heterocycles. The van der Waals surface area contributed by atoms with Crippen LogP contribution in [0.1, 0.15) is 16.9 Å². The van der Waals surface area contributed by atoms with Crippen LogP contribution >= 0.6 is 11.3 Å². The van der Waals surface area contributed by atoms with Crippen LogP contribution in [-0.4, -0.2) is 34.7 Å². The molecule has 0 bridgehead atoms. The minimum absolute atomic E-state index is 0.138. The van der Waals surface area contributed by atoms with Crippen LogP contribution in [0.5, 0.6) is 0 Å². The lowest BCUT2D eigenvalue weighted by molar-refractivity contribution is -0.117. The number of nitrogens with zero attached hydrogens (tertiary/aromatic N) is 1. The van der Waals surface area contributed by atoms with Crippen molar-refractivity contribution in [3.8, 4) is 11.3 Å². The van der Waals surface area contributed by atoms with Gasteiger partial charge in [-0.25, -0.2) is 4.98 Å². The van der Waals surface area contributed by atoms with Crippen molar-refractivity contribution >= 4 is 22.4 Å². The zero-order valence-corrected chi connectivity index (χ0v) is 13.4. The summed E-state index contributed by atoms with van der Waals surface area (Å²) in [5.41, 5.74) is 3.16. The highest BCUT2D eigenvalue weighted by Gasteiger charge is 2.28. The van der Waals surface area contributed by atoms with Gasteiger partial charge in [-0.15, -0.1) is 11.3 Å². The first-order valence-corrected chi connectivity index (χ1v) is 8.11. The number of β-amino-alcohol motifs (C(OH)–C–C–N with tert-alkyl or cyclic N) is 1. The maximum atomic E-state index is 12.1. The number of thiazole rings is 1. The molecule has 3 N–H and O–H groups in total. The van der Waals surface area contributed by atoms with Crippen LogP contribution in [0.2, 0.25) is 0 Å². The molecular weight excluding hydrogens is 298 g/mol. The van der Waals surface area contributed by atoms with Crippen molar-refractivity contribution < 1.29 is 9.90 Å². The number of benzene rings is 1. The quantitative estimate of drug-likeness (QED) is 0.810. The minimum Gasteiger partial charge on any atom is -0.392 e. The van der Waals surface area contributed by atoms with E-state index in [4.69, 9.17) is 0 Å². The summed E-state index contributed by atoms with van der Waals surface area (Å²) in [6, 6.07) is 7.84. The predicted octanol–water partition coefficient (Wildman–Crippen LogP) is 2.09. The van der Waals surface area contributed by atoms with Gasteiger partial charge in [-0.05, 0) is 20.3 Å². The van der Waals surface area contributed by atoms with Crippen molar-refractivity contribution in [2.45, 2.75) is 32.4 Å². The zero-order valence-electron chi connectivity index (χ0n) is 12.6. The number of aliphatic hydroxyl groups excluding tert-OH is 1. The van der Waals surface area contributed by atoms with Gasteiger partial charge in [0, 0.05) is 17.0 Å². The van der Waals surface area contributed by atoms with Crippen LogP contribution in [0.25, 0.3) is 11.3 Å². The Labute approximate surface area is 133 Å². The molecule has 0 spiro atoms. The maximum Gasteiger partial charge on any atom is 0.243 e. The van der Waals surface area contributed by atoms with Gasteiger partial charge in [0.15, 0.2) is 5.13 Å². The lowest BCUT2D eigenvalue weighted by Gasteiger charge is -2.08. The molecule has 0 saturated carbocycles. The van der Waals surface area contributed by atoms with Crippen molar-refractivity contribution in [3.05, 3.63) is 34.7 Å². The fourth-order valence-corrected chi connectivity index (χ4v) is 3.38. The number of amides is 1. The zero-order chi connectivity index (χ0) is 15.7. The summed E-state index contributed by atoms with van der Waals surface area (Å²) in [5, 5.41) is 15.9. The molecule has 2 heterocycles. The average Bonchev–Trinajstić information content (AvgIpc) is 3.06. The molecule has 1 amide bonds. The molecule has 1 aliphatic rings. The van der Waals surface area contributed by atoms with E-state index < -0.39 is 6.10 Å². The molecular formula is C16H19N3O2S. The van der Waals surface area contributed by atoms with Gasteiger partial charge in [0.1, 0.15) is 0 Å². The SMILES string of the molecule is Cc1ccc(-c2nc(NC(=O)[C@H]3C[C@H](O)CN3)sc2C)cc1. The summed E-state index contributed by atoms with van der Waals surface area (Å²) in [6.45, 7) is 4.51. The van der Waals surface area contributed by atoms with Gasteiger partial charge >= 0.3 is 0 Å². The Morgan fingerprint density at radius 2 is 2.09 bits per heavy atom. The lowest BCUT2D eigenvalue weighted by Crippen LogP contribution is -2.35. The van der Waals surface area contributed by atoms with Crippen LogP contribution in [0, 0.1) is 13.8 Å². The standard InChI is InChI=1S/C16H19N3O2S/c1-9-3-5-11(6-4-9)14-10(2)22-16(18-14)19-15(21)13-7-12(20)8-17-13/h3-6,12-13,17,20H,7-8H2,1-2H3,(H,18,19,21)/t12-,13+/m0/s1. The summed E-state index contributed by atoms with van der Waals surface area (Å²) < 4.78 is 0. The first-order chi connectivity index (χ1) is 10.5. The van der Waals surface area contributed by atoms with Crippen molar-refractivity contribution in [2.24, 2.45) is 0 Å². The van der Waals surface area contributed by atoms with Crippen LogP contribution in [-0.2, 0) is 4.79 Å². The van der Waals surface area contributed by atoms with E-state index in [9.17, 15) is 9.90 Å². The van der Waals surface area contributed by atoms with E-state index in [-0.39, 0.29) is 11.9 Å². The summed E-state index contributed by atoms with van der Waals surface area (Å²) >= 11 is 1.47. The largest absolute Gasteiger partial charge is 0.392 e. The molecule has 5 nitrogen and oxygen atoms in total. The molecule has 1 saturated heterocycles. The highest BCUT2D eigenvalue weighted by atomic mass is 32.1. The molecule has 2 aromatic rings. The molecule has 1 aromatic carbocycles. The molecule has 22 heavy (non-hydrogen) atoms. The maximum absolute atomic E-state index is 12.1. The van der Waals surface area contributed by atoms with E-state index in [0.29, 0.717) is 18.1 Å². The van der Waals surface area contributed by atoms with Gasteiger partial charge in [0.25, 0.3) is 0 Å². The van der Waals surface area contributed by atoms with E-state index >= 15 is 0 Å². The minimum atomic E-state index is -0.447. The molecule has 1 fully saturated rings. The molecule has 2 atom stereocenters. The number of hydrogen-bond acceptors (Lipinski definition) is 5. The second-order valence-corrected chi connectivity index (χ2v) is 6.83. The Morgan fingerprint density at radius 3 is 2.73 bits per heavy atom. The van der Waals surface area contributed by atoms with E-state index in [1.54, 1.807) is 0 Å². The second kappa shape index (κ2) is 6.16. The lowest BCUT2D eigenvalue weighted by atomic mass is 10.1. The number of carbonyl (C=O) groups is 1.